The van der Waals surface area contributed by atoms with E-state index in [1.54, 1.807) is 20.8 Å². The van der Waals surface area contributed by atoms with Gasteiger partial charge in [-0.15, -0.1) is 0 Å². The van der Waals surface area contributed by atoms with Gasteiger partial charge in [0.1, 0.15) is 11.4 Å². The maximum absolute atomic E-state index is 13.5. The standard InChI is InChI=1S/C15H21FN2O4/c1-15(2,3)22-14(20)18-8-10(19)6-12(18)11-5-9(16)7-17-13(11)21-4/h5,7,10,12,19H,6,8H2,1-4H3. The Morgan fingerprint density at radius 2 is 2.18 bits per heavy atom. The average Bonchev–Trinajstić information content (AvgIpc) is 2.79. The molecule has 0 saturated carbocycles. The van der Waals surface area contributed by atoms with Crippen LogP contribution in [0.15, 0.2) is 12.3 Å². The predicted molar refractivity (Wildman–Crippen MR) is 77.1 cm³/mol. The molecule has 1 aliphatic heterocycles. The van der Waals surface area contributed by atoms with Crippen LogP contribution < -0.4 is 4.74 Å². The third-order valence-corrected chi connectivity index (χ3v) is 3.30. The number of ether oxygens (including phenoxy) is 2. The molecule has 0 aliphatic carbocycles. The number of likely N-dealkylation sites (tertiary alicyclic amines) is 1. The summed E-state index contributed by atoms with van der Waals surface area (Å²) in [5.41, 5.74) is -0.232. The van der Waals surface area contributed by atoms with E-state index in [1.165, 1.54) is 18.1 Å². The summed E-state index contributed by atoms with van der Waals surface area (Å²) in [5, 5.41) is 9.91. The summed E-state index contributed by atoms with van der Waals surface area (Å²) in [6.07, 6.45) is 0.0672. The lowest BCUT2D eigenvalue weighted by molar-refractivity contribution is 0.0205. The summed E-state index contributed by atoms with van der Waals surface area (Å²) in [4.78, 5) is 17.6. The Morgan fingerprint density at radius 3 is 2.77 bits per heavy atom. The van der Waals surface area contributed by atoms with Gasteiger partial charge in [0.05, 0.1) is 32.0 Å². The highest BCUT2D eigenvalue weighted by molar-refractivity contribution is 5.69. The number of carbonyl (C=O) groups is 1. The van der Waals surface area contributed by atoms with E-state index in [0.717, 1.165) is 6.20 Å². The number of halogens is 1. The van der Waals surface area contributed by atoms with Crippen molar-refractivity contribution in [3.63, 3.8) is 0 Å². The second kappa shape index (κ2) is 6.08. The normalized spacial score (nSPS) is 21.8. The number of methoxy groups -OCH3 is 1. The molecule has 1 aromatic rings. The Labute approximate surface area is 128 Å². The largest absolute Gasteiger partial charge is 0.481 e. The molecule has 1 saturated heterocycles. The minimum atomic E-state index is -0.703. The topological polar surface area (TPSA) is 71.9 Å². The number of aliphatic hydroxyl groups is 1. The molecule has 22 heavy (non-hydrogen) atoms. The molecule has 0 spiro atoms. The zero-order chi connectivity index (χ0) is 16.5. The van der Waals surface area contributed by atoms with Crippen molar-refractivity contribution in [3.05, 3.63) is 23.6 Å². The molecule has 0 aromatic carbocycles. The fourth-order valence-corrected chi connectivity index (χ4v) is 2.48. The van der Waals surface area contributed by atoms with Crippen molar-refractivity contribution in [3.8, 4) is 5.88 Å². The van der Waals surface area contributed by atoms with Gasteiger partial charge in [-0.3, -0.25) is 4.90 Å². The molecule has 1 N–H and O–H groups in total. The van der Waals surface area contributed by atoms with Crippen molar-refractivity contribution in [2.75, 3.05) is 13.7 Å². The molecular formula is C15H21FN2O4. The monoisotopic (exact) mass is 312 g/mol. The van der Waals surface area contributed by atoms with Crippen LogP contribution >= 0.6 is 0 Å². The first-order valence-electron chi connectivity index (χ1n) is 7.08. The van der Waals surface area contributed by atoms with Gasteiger partial charge in [0.2, 0.25) is 5.88 Å². The molecule has 1 amide bonds. The second-order valence-electron chi connectivity index (χ2n) is 6.29. The summed E-state index contributed by atoms with van der Waals surface area (Å²) in [7, 11) is 1.42. The van der Waals surface area contributed by atoms with E-state index in [4.69, 9.17) is 9.47 Å². The van der Waals surface area contributed by atoms with Gasteiger partial charge in [-0.2, -0.15) is 0 Å². The summed E-state index contributed by atoms with van der Waals surface area (Å²) < 4.78 is 24.0. The van der Waals surface area contributed by atoms with Crippen LogP contribution in [0.2, 0.25) is 0 Å². The number of aliphatic hydroxyl groups excluding tert-OH is 1. The number of carbonyl (C=O) groups excluding carboxylic acids is 1. The van der Waals surface area contributed by atoms with E-state index in [2.05, 4.69) is 4.98 Å². The zero-order valence-electron chi connectivity index (χ0n) is 13.2. The van der Waals surface area contributed by atoms with Gasteiger partial charge in [-0.25, -0.2) is 14.2 Å². The van der Waals surface area contributed by atoms with Crippen molar-refractivity contribution in [2.24, 2.45) is 0 Å². The predicted octanol–water partition coefficient (Wildman–Crippen LogP) is 2.27. The molecule has 7 heteroatoms. The summed E-state index contributed by atoms with van der Waals surface area (Å²) in [5.74, 6) is -0.296. The number of β-amino-alcohol motifs (C(OH)–C–C–N with tert-alkyl or cyclic N) is 1. The Hall–Kier alpha value is -1.89. The lowest BCUT2D eigenvalue weighted by Crippen LogP contribution is -2.37. The number of rotatable bonds is 2. The smallest absolute Gasteiger partial charge is 0.410 e. The zero-order valence-corrected chi connectivity index (χ0v) is 13.2. The minimum absolute atomic E-state index is 0.124. The van der Waals surface area contributed by atoms with E-state index in [-0.39, 0.29) is 18.8 Å². The molecule has 1 fully saturated rings. The molecule has 122 valence electrons. The minimum Gasteiger partial charge on any atom is -0.481 e. The second-order valence-corrected chi connectivity index (χ2v) is 6.29. The Bertz CT molecular complexity index is 559. The summed E-state index contributed by atoms with van der Waals surface area (Å²) in [6.45, 7) is 5.41. The van der Waals surface area contributed by atoms with Crippen LogP contribution in [0.3, 0.4) is 0 Å². The first-order chi connectivity index (χ1) is 10.2. The quantitative estimate of drug-likeness (QED) is 0.907. The molecule has 6 nitrogen and oxygen atoms in total. The first kappa shape index (κ1) is 16.5. The first-order valence-corrected chi connectivity index (χ1v) is 7.08. The van der Waals surface area contributed by atoms with Gasteiger partial charge in [0, 0.05) is 5.56 Å². The number of aromatic nitrogens is 1. The molecule has 0 radical (unpaired) electrons. The SMILES string of the molecule is COc1ncc(F)cc1C1CC(O)CN1C(=O)OC(C)(C)C. The molecule has 2 heterocycles. The van der Waals surface area contributed by atoms with Crippen LogP contribution in [0.25, 0.3) is 0 Å². The van der Waals surface area contributed by atoms with Crippen LogP contribution in [-0.4, -0.2) is 46.4 Å². The van der Waals surface area contributed by atoms with Gasteiger partial charge in [-0.1, -0.05) is 0 Å². The Morgan fingerprint density at radius 1 is 1.50 bits per heavy atom. The lowest BCUT2D eigenvalue weighted by atomic mass is 10.1. The maximum Gasteiger partial charge on any atom is 0.410 e. The van der Waals surface area contributed by atoms with Gasteiger partial charge in [0.15, 0.2) is 0 Å². The van der Waals surface area contributed by atoms with Gasteiger partial charge in [0.25, 0.3) is 0 Å². The highest BCUT2D eigenvalue weighted by atomic mass is 19.1. The van der Waals surface area contributed by atoms with E-state index in [0.29, 0.717) is 5.56 Å². The van der Waals surface area contributed by atoms with Gasteiger partial charge >= 0.3 is 6.09 Å². The van der Waals surface area contributed by atoms with Crippen molar-refractivity contribution >= 4 is 6.09 Å². The van der Waals surface area contributed by atoms with E-state index >= 15 is 0 Å². The highest BCUT2D eigenvalue weighted by Gasteiger charge is 2.39. The number of amides is 1. The Balaban J connectivity index is 2.32. The van der Waals surface area contributed by atoms with E-state index in [1.807, 2.05) is 0 Å². The van der Waals surface area contributed by atoms with E-state index < -0.39 is 29.7 Å². The van der Waals surface area contributed by atoms with Crippen LogP contribution in [0.5, 0.6) is 5.88 Å². The number of nitrogens with zero attached hydrogens (tertiary/aromatic N) is 2. The fraction of sp³-hybridized carbons (Fsp3) is 0.600. The maximum atomic E-state index is 13.5. The Kier molecular flexibility index (Phi) is 4.55. The van der Waals surface area contributed by atoms with Crippen LogP contribution in [0, 0.1) is 5.82 Å². The molecule has 2 unspecified atom stereocenters. The third-order valence-electron chi connectivity index (χ3n) is 3.30. The molecular weight excluding hydrogens is 291 g/mol. The van der Waals surface area contributed by atoms with Gasteiger partial charge in [-0.05, 0) is 33.3 Å². The van der Waals surface area contributed by atoms with E-state index in [9.17, 15) is 14.3 Å². The molecule has 0 bridgehead atoms. The molecule has 1 aromatic heterocycles. The van der Waals surface area contributed by atoms with Crippen molar-refractivity contribution < 1.29 is 23.8 Å². The highest BCUT2D eigenvalue weighted by Crippen LogP contribution is 2.37. The van der Waals surface area contributed by atoms with Crippen molar-refractivity contribution in [1.82, 2.24) is 9.88 Å². The number of hydrogen-bond acceptors (Lipinski definition) is 5. The van der Waals surface area contributed by atoms with Crippen molar-refractivity contribution in [1.29, 1.82) is 0 Å². The van der Waals surface area contributed by atoms with Crippen LogP contribution in [-0.2, 0) is 4.74 Å². The summed E-state index contributed by atoms with van der Waals surface area (Å²) >= 11 is 0. The molecule has 2 rings (SSSR count). The lowest BCUT2D eigenvalue weighted by Gasteiger charge is -2.29. The van der Waals surface area contributed by atoms with Crippen LogP contribution in [0.1, 0.15) is 38.8 Å². The average molecular weight is 312 g/mol. The van der Waals surface area contributed by atoms with Gasteiger partial charge < -0.3 is 14.6 Å². The fourth-order valence-electron chi connectivity index (χ4n) is 2.48. The number of pyridine rings is 1. The summed E-state index contributed by atoms with van der Waals surface area (Å²) in [6, 6.07) is 0.731. The van der Waals surface area contributed by atoms with Crippen LogP contribution in [0.4, 0.5) is 9.18 Å². The molecule has 2 atom stereocenters. The molecule has 1 aliphatic rings. The third kappa shape index (κ3) is 3.65. The van der Waals surface area contributed by atoms with Crippen molar-refractivity contribution in [2.45, 2.75) is 44.9 Å². The number of hydrogen-bond donors (Lipinski definition) is 1.